The molecule has 0 spiro atoms. The number of amides is 1. The summed E-state index contributed by atoms with van der Waals surface area (Å²) in [6, 6.07) is 1.47. The number of nitrogens with two attached hydrogens (primary N) is 1. The molecule has 8 heteroatoms. The van der Waals surface area contributed by atoms with Crippen LogP contribution in [0.25, 0.3) is 0 Å². The highest BCUT2D eigenvalue weighted by atomic mass is 16.2. The molecule has 8 nitrogen and oxygen atoms in total. The van der Waals surface area contributed by atoms with Gasteiger partial charge in [-0.05, 0) is 12.5 Å². The standard InChI is InChI=1S/C10H15N7O/c1-2-7(17-5-3-4-13-17)9(18)12-6-8-14-10(11)16-15-8/h3-5,7H,2,6H2,1H3,(H,12,18)(H3,11,14,15,16)/t7-/m1/s1. The van der Waals surface area contributed by atoms with Crippen molar-refractivity contribution in [1.29, 1.82) is 0 Å². The molecule has 0 unspecified atom stereocenters. The summed E-state index contributed by atoms with van der Waals surface area (Å²) < 4.78 is 1.63. The Hall–Kier alpha value is -2.38. The van der Waals surface area contributed by atoms with Crippen LogP contribution in [-0.4, -0.2) is 30.9 Å². The van der Waals surface area contributed by atoms with E-state index in [9.17, 15) is 4.79 Å². The van der Waals surface area contributed by atoms with Gasteiger partial charge in [-0.2, -0.15) is 10.1 Å². The van der Waals surface area contributed by atoms with E-state index in [2.05, 4.69) is 25.6 Å². The molecule has 2 heterocycles. The summed E-state index contributed by atoms with van der Waals surface area (Å²) in [4.78, 5) is 15.9. The lowest BCUT2D eigenvalue weighted by atomic mass is 10.2. The first-order valence-corrected chi connectivity index (χ1v) is 5.64. The van der Waals surface area contributed by atoms with Gasteiger partial charge in [0.15, 0.2) is 0 Å². The van der Waals surface area contributed by atoms with Crippen molar-refractivity contribution < 1.29 is 4.79 Å². The highest BCUT2D eigenvalue weighted by Crippen LogP contribution is 2.09. The van der Waals surface area contributed by atoms with Gasteiger partial charge in [0.25, 0.3) is 0 Å². The van der Waals surface area contributed by atoms with Gasteiger partial charge in [-0.25, -0.2) is 0 Å². The Morgan fingerprint density at radius 2 is 2.50 bits per heavy atom. The number of nitrogens with one attached hydrogen (secondary N) is 2. The van der Waals surface area contributed by atoms with Gasteiger partial charge in [-0.15, -0.1) is 5.10 Å². The van der Waals surface area contributed by atoms with E-state index in [4.69, 9.17) is 5.73 Å². The zero-order valence-electron chi connectivity index (χ0n) is 10.00. The minimum atomic E-state index is -0.319. The highest BCUT2D eigenvalue weighted by Gasteiger charge is 2.18. The predicted octanol–water partition coefficient (Wildman–Crippen LogP) is -0.149. The molecule has 0 saturated heterocycles. The van der Waals surface area contributed by atoms with Gasteiger partial charge in [0.1, 0.15) is 11.9 Å². The molecule has 1 amide bonds. The number of carbonyl (C=O) groups excluding carboxylic acids is 1. The predicted molar refractivity (Wildman–Crippen MR) is 64.2 cm³/mol. The van der Waals surface area contributed by atoms with E-state index in [1.165, 1.54) is 0 Å². The van der Waals surface area contributed by atoms with Crippen molar-refractivity contribution in [2.75, 3.05) is 5.73 Å². The van der Waals surface area contributed by atoms with Gasteiger partial charge in [0, 0.05) is 12.4 Å². The fourth-order valence-electron chi connectivity index (χ4n) is 1.64. The van der Waals surface area contributed by atoms with Gasteiger partial charge >= 0.3 is 0 Å². The first-order chi connectivity index (χ1) is 8.70. The summed E-state index contributed by atoms with van der Waals surface area (Å²) in [6.07, 6.45) is 4.07. The van der Waals surface area contributed by atoms with Crippen LogP contribution < -0.4 is 11.1 Å². The minimum absolute atomic E-state index is 0.115. The van der Waals surface area contributed by atoms with Gasteiger partial charge in [-0.3, -0.25) is 14.6 Å². The topological polar surface area (TPSA) is 115 Å². The Bertz CT molecular complexity index is 504. The van der Waals surface area contributed by atoms with Gasteiger partial charge in [0.05, 0.1) is 6.54 Å². The SMILES string of the molecule is CC[C@H](C(=O)NCc1nc(N)n[nH]1)n1cccn1. The molecule has 4 N–H and O–H groups in total. The maximum absolute atomic E-state index is 12.0. The maximum atomic E-state index is 12.0. The van der Waals surface area contributed by atoms with Crippen molar-refractivity contribution >= 4 is 11.9 Å². The van der Waals surface area contributed by atoms with Crippen molar-refractivity contribution in [3.8, 4) is 0 Å². The maximum Gasteiger partial charge on any atom is 0.245 e. The number of aromatic amines is 1. The fourth-order valence-corrected chi connectivity index (χ4v) is 1.64. The van der Waals surface area contributed by atoms with Crippen LogP contribution in [-0.2, 0) is 11.3 Å². The van der Waals surface area contributed by atoms with E-state index in [0.717, 1.165) is 0 Å². The second-order valence-corrected chi connectivity index (χ2v) is 3.77. The second kappa shape index (κ2) is 5.30. The molecule has 0 aliphatic rings. The molecule has 2 rings (SSSR count). The summed E-state index contributed by atoms with van der Waals surface area (Å²) in [7, 11) is 0. The number of carbonyl (C=O) groups is 1. The molecule has 0 aromatic carbocycles. The number of nitrogen functional groups attached to an aromatic ring is 1. The molecule has 0 radical (unpaired) electrons. The van der Waals surface area contributed by atoms with Gasteiger partial charge in [0.2, 0.25) is 11.9 Å². The minimum Gasteiger partial charge on any atom is -0.367 e. The zero-order valence-corrected chi connectivity index (χ0v) is 10.00. The number of nitrogens with zero attached hydrogens (tertiary/aromatic N) is 4. The number of aromatic nitrogens is 5. The second-order valence-electron chi connectivity index (χ2n) is 3.77. The quantitative estimate of drug-likeness (QED) is 0.681. The molecular weight excluding hydrogens is 234 g/mol. The summed E-state index contributed by atoms with van der Waals surface area (Å²) >= 11 is 0. The third-order valence-corrected chi connectivity index (χ3v) is 2.51. The van der Waals surface area contributed by atoms with Crippen LogP contribution in [0.3, 0.4) is 0 Å². The summed E-state index contributed by atoms with van der Waals surface area (Å²) in [6.45, 7) is 2.19. The Labute approximate surface area is 104 Å². The third kappa shape index (κ3) is 2.65. The molecule has 0 saturated carbocycles. The van der Waals surface area contributed by atoms with Crippen molar-refractivity contribution in [3.63, 3.8) is 0 Å². The highest BCUT2D eigenvalue weighted by molar-refractivity contribution is 5.79. The lowest BCUT2D eigenvalue weighted by Crippen LogP contribution is -2.32. The Balaban J connectivity index is 1.94. The first kappa shape index (κ1) is 12.1. The Kier molecular flexibility index (Phi) is 3.56. The van der Waals surface area contributed by atoms with Crippen LogP contribution >= 0.6 is 0 Å². The molecule has 1 atom stereocenters. The number of rotatable bonds is 5. The number of anilines is 1. The van der Waals surface area contributed by atoms with E-state index in [0.29, 0.717) is 12.2 Å². The lowest BCUT2D eigenvalue weighted by Gasteiger charge is -2.14. The largest absolute Gasteiger partial charge is 0.367 e. The normalized spacial score (nSPS) is 12.3. The van der Waals surface area contributed by atoms with Crippen LogP contribution in [0.15, 0.2) is 18.5 Å². The smallest absolute Gasteiger partial charge is 0.245 e. The zero-order chi connectivity index (χ0) is 13.0. The van der Waals surface area contributed by atoms with Crippen LogP contribution in [0.5, 0.6) is 0 Å². The van der Waals surface area contributed by atoms with Gasteiger partial charge < -0.3 is 11.1 Å². The van der Waals surface area contributed by atoms with E-state index in [1.54, 1.807) is 23.1 Å². The van der Waals surface area contributed by atoms with Crippen molar-refractivity contribution in [1.82, 2.24) is 30.3 Å². The average Bonchev–Trinajstić information content (AvgIpc) is 2.99. The first-order valence-electron chi connectivity index (χ1n) is 5.64. The number of H-pyrrole nitrogens is 1. The monoisotopic (exact) mass is 249 g/mol. The molecule has 18 heavy (non-hydrogen) atoms. The van der Waals surface area contributed by atoms with Crippen molar-refractivity contribution in [2.24, 2.45) is 0 Å². The molecule has 0 bridgehead atoms. The van der Waals surface area contributed by atoms with Gasteiger partial charge in [-0.1, -0.05) is 6.92 Å². The molecule has 0 aliphatic carbocycles. The number of hydrogen-bond acceptors (Lipinski definition) is 5. The third-order valence-electron chi connectivity index (χ3n) is 2.51. The molecular formula is C10H15N7O. The van der Waals surface area contributed by atoms with E-state index in [-0.39, 0.29) is 24.4 Å². The molecule has 0 fully saturated rings. The van der Waals surface area contributed by atoms with Crippen LogP contribution in [0.1, 0.15) is 25.2 Å². The van der Waals surface area contributed by atoms with E-state index >= 15 is 0 Å². The molecule has 2 aromatic heterocycles. The lowest BCUT2D eigenvalue weighted by molar-refractivity contribution is -0.124. The Morgan fingerprint density at radius 1 is 1.67 bits per heavy atom. The Morgan fingerprint density at radius 3 is 3.06 bits per heavy atom. The molecule has 0 aliphatic heterocycles. The summed E-state index contributed by atoms with van der Waals surface area (Å²) in [5.41, 5.74) is 5.37. The molecule has 96 valence electrons. The summed E-state index contributed by atoms with van der Waals surface area (Å²) in [5, 5.41) is 13.1. The summed E-state index contributed by atoms with van der Waals surface area (Å²) in [5.74, 6) is 0.575. The molecule has 2 aromatic rings. The van der Waals surface area contributed by atoms with E-state index in [1.807, 2.05) is 6.92 Å². The van der Waals surface area contributed by atoms with Crippen LogP contribution in [0, 0.1) is 0 Å². The number of hydrogen-bond donors (Lipinski definition) is 3. The average molecular weight is 249 g/mol. The van der Waals surface area contributed by atoms with Crippen molar-refractivity contribution in [2.45, 2.75) is 25.9 Å². The van der Waals surface area contributed by atoms with Crippen molar-refractivity contribution in [3.05, 3.63) is 24.3 Å². The van der Waals surface area contributed by atoms with E-state index < -0.39 is 0 Å². The van der Waals surface area contributed by atoms with Crippen LogP contribution in [0.2, 0.25) is 0 Å². The van der Waals surface area contributed by atoms with Crippen LogP contribution in [0.4, 0.5) is 5.95 Å². The fraction of sp³-hybridized carbons (Fsp3) is 0.400.